The first kappa shape index (κ1) is 20.1. The minimum absolute atomic E-state index is 0.114. The summed E-state index contributed by atoms with van der Waals surface area (Å²) in [5, 5.41) is 8.20. The highest BCUT2D eigenvalue weighted by molar-refractivity contribution is 5.89. The van der Waals surface area contributed by atoms with E-state index in [-0.39, 0.29) is 24.9 Å². The van der Waals surface area contributed by atoms with Crippen LogP contribution in [0.3, 0.4) is 0 Å². The molecule has 144 valence electrons. The topological polar surface area (TPSA) is 82.7 Å². The third-order valence-electron chi connectivity index (χ3n) is 3.93. The summed E-state index contributed by atoms with van der Waals surface area (Å²) in [7, 11) is 5.54. The van der Waals surface area contributed by atoms with Gasteiger partial charge >= 0.3 is 6.03 Å². The zero-order valence-electron chi connectivity index (χ0n) is 15.9. The fourth-order valence-corrected chi connectivity index (χ4v) is 2.34. The van der Waals surface area contributed by atoms with Crippen molar-refractivity contribution in [2.75, 3.05) is 38.0 Å². The van der Waals surface area contributed by atoms with E-state index in [0.717, 1.165) is 11.3 Å². The van der Waals surface area contributed by atoms with Gasteiger partial charge in [0.1, 0.15) is 5.75 Å². The zero-order valence-corrected chi connectivity index (χ0v) is 15.9. The molecule has 0 aliphatic heterocycles. The smallest absolute Gasteiger partial charge is 0.319 e. The predicted molar refractivity (Wildman–Crippen MR) is 107 cm³/mol. The van der Waals surface area contributed by atoms with Gasteiger partial charge in [-0.15, -0.1) is 0 Å². The lowest BCUT2D eigenvalue weighted by molar-refractivity contribution is -0.121. The van der Waals surface area contributed by atoms with Crippen molar-refractivity contribution in [3.63, 3.8) is 0 Å². The van der Waals surface area contributed by atoms with Crippen LogP contribution in [-0.4, -0.2) is 39.7 Å². The molecule has 2 aromatic rings. The maximum absolute atomic E-state index is 11.9. The monoisotopic (exact) mass is 370 g/mol. The second-order valence-corrected chi connectivity index (χ2v) is 6.20. The fraction of sp³-hybridized carbons (Fsp3) is 0.300. The van der Waals surface area contributed by atoms with E-state index in [1.807, 2.05) is 43.3 Å². The maximum Gasteiger partial charge on any atom is 0.319 e. The molecule has 0 spiro atoms. The molecule has 0 fully saturated rings. The Morgan fingerprint density at radius 2 is 1.63 bits per heavy atom. The first-order valence-corrected chi connectivity index (χ1v) is 8.70. The molecule has 3 N–H and O–H groups in total. The molecule has 7 nitrogen and oxygen atoms in total. The average Bonchev–Trinajstić information content (AvgIpc) is 2.67. The summed E-state index contributed by atoms with van der Waals surface area (Å²) in [5.41, 5.74) is 2.79. The van der Waals surface area contributed by atoms with Gasteiger partial charge in [0, 0.05) is 45.0 Å². The summed E-state index contributed by atoms with van der Waals surface area (Å²) < 4.78 is 5.06. The highest BCUT2D eigenvalue weighted by Crippen LogP contribution is 2.14. The summed E-state index contributed by atoms with van der Waals surface area (Å²) in [5.74, 6) is 0.602. The van der Waals surface area contributed by atoms with E-state index < -0.39 is 0 Å². The normalized spacial score (nSPS) is 10.0. The van der Waals surface area contributed by atoms with Crippen LogP contribution in [0.2, 0.25) is 0 Å². The lowest BCUT2D eigenvalue weighted by atomic mass is 10.2. The first-order valence-electron chi connectivity index (χ1n) is 8.70. The van der Waals surface area contributed by atoms with Crippen molar-refractivity contribution in [2.45, 2.75) is 13.0 Å². The molecule has 0 atom stereocenters. The minimum atomic E-state index is -0.354. The molecule has 2 rings (SSSR count). The fourth-order valence-electron chi connectivity index (χ4n) is 2.34. The summed E-state index contributed by atoms with van der Waals surface area (Å²) in [6.45, 7) is 0.720. The minimum Gasteiger partial charge on any atom is -0.497 e. The average molecular weight is 370 g/mol. The summed E-state index contributed by atoms with van der Waals surface area (Å²) >= 11 is 0. The van der Waals surface area contributed by atoms with Gasteiger partial charge in [0.05, 0.1) is 7.11 Å². The van der Waals surface area contributed by atoms with Gasteiger partial charge in [0.2, 0.25) is 5.91 Å². The Labute approximate surface area is 159 Å². The van der Waals surface area contributed by atoms with E-state index in [1.54, 1.807) is 31.4 Å². The molecule has 2 aromatic carbocycles. The molecule has 0 unspecified atom stereocenters. The van der Waals surface area contributed by atoms with Gasteiger partial charge in [-0.2, -0.15) is 0 Å². The number of carbonyl (C=O) groups excluding carboxylic acids is 2. The number of methoxy groups -OCH3 is 1. The van der Waals surface area contributed by atoms with Gasteiger partial charge in [0.25, 0.3) is 0 Å². The lowest BCUT2D eigenvalue weighted by Crippen LogP contribution is -2.33. The molecule has 7 heteroatoms. The van der Waals surface area contributed by atoms with Gasteiger partial charge in [-0.3, -0.25) is 4.79 Å². The van der Waals surface area contributed by atoms with E-state index in [2.05, 4.69) is 16.0 Å². The number of rotatable bonds is 8. The quantitative estimate of drug-likeness (QED) is 0.667. The number of hydrogen-bond donors (Lipinski definition) is 3. The number of amides is 3. The lowest BCUT2D eigenvalue weighted by Gasteiger charge is -2.13. The van der Waals surface area contributed by atoms with Crippen molar-refractivity contribution >= 4 is 23.3 Å². The number of ether oxygens (including phenoxy) is 1. The highest BCUT2D eigenvalue weighted by Gasteiger charge is 2.05. The SMILES string of the molecule is COc1ccc(NC(=O)NCCC(=O)NCc2ccc(N(C)C)cc2)cc1. The number of nitrogens with one attached hydrogen (secondary N) is 3. The van der Waals surface area contributed by atoms with Crippen molar-refractivity contribution in [3.8, 4) is 5.75 Å². The number of benzene rings is 2. The standard InChI is InChI=1S/C20H26N4O3/c1-24(2)17-8-4-15(5-9-17)14-22-19(25)12-13-21-20(26)23-16-6-10-18(27-3)11-7-16/h4-11H,12-14H2,1-3H3,(H,22,25)(H2,21,23,26). The Bertz CT molecular complexity index is 743. The number of carbonyl (C=O) groups is 2. The van der Waals surface area contributed by atoms with Crippen LogP contribution in [0.5, 0.6) is 5.75 Å². The van der Waals surface area contributed by atoms with Crippen molar-refractivity contribution in [2.24, 2.45) is 0 Å². The van der Waals surface area contributed by atoms with Crippen LogP contribution in [0.25, 0.3) is 0 Å². The molecule has 0 saturated heterocycles. The Kier molecular flexibility index (Phi) is 7.49. The number of urea groups is 1. The Balaban J connectivity index is 1.65. The Morgan fingerprint density at radius 3 is 2.22 bits per heavy atom. The Hall–Kier alpha value is -3.22. The van der Waals surface area contributed by atoms with Crippen LogP contribution < -0.4 is 25.6 Å². The largest absolute Gasteiger partial charge is 0.497 e. The molecular weight excluding hydrogens is 344 g/mol. The second-order valence-electron chi connectivity index (χ2n) is 6.20. The predicted octanol–water partition coefficient (Wildman–Crippen LogP) is 2.59. The number of anilines is 2. The van der Waals surface area contributed by atoms with Crippen LogP contribution in [0.1, 0.15) is 12.0 Å². The van der Waals surface area contributed by atoms with Crippen LogP contribution in [-0.2, 0) is 11.3 Å². The van der Waals surface area contributed by atoms with E-state index in [4.69, 9.17) is 4.74 Å². The van der Waals surface area contributed by atoms with Crippen LogP contribution in [0, 0.1) is 0 Å². The maximum atomic E-state index is 11.9. The second kappa shape index (κ2) is 10.1. The molecular formula is C20H26N4O3. The van der Waals surface area contributed by atoms with Gasteiger partial charge in [-0.1, -0.05) is 12.1 Å². The molecule has 0 aliphatic carbocycles. The molecule has 0 saturated carbocycles. The third-order valence-corrected chi connectivity index (χ3v) is 3.93. The van der Waals surface area contributed by atoms with Crippen LogP contribution in [0.15, 0.2) is 48.5 Å². The number of hydrogen-bond acceptors (Lipinski definition) is 4. The summed E-state index contributed by atoms with van der Waals surface area (Å²) in [6, 6.07) is 14.6. The zero-order chi connectivity index (χ0) is 19.6. The van der Waals surface area contributed by atoms with E-state index >= 15 is 0 Å². The van der Waals surface area contributed by atoms with E-state index in [0.29, 0.717) is 18.0 Å². The van der Waals surface area contributed by atoms with Gasteiger partial charge < -0.3 is 25.6 Å². The molecule has 0 aromatic heterocycles. The summed E-state index contributed by atoms with van der Waals surface area (Å²) in [6.07, 6.45) is 0.214. The molecule has 0 heterocycles. The molecule has 0 aliphatic rings. The van der Waals surface area contributed by atoms with Gasteiger partial charge in [0.15, 0.2) is 0 Å². The molecule has 0 radical (unpaired) electrons. The van der Waals surface area contributed by atoms with Crippen LogP contribution >= 0.6 is 0 Å². The van der Waals surface area contributed by atoms with Gasteiger partial charge in [-0.25, -0.2) is 4.79 Å². The van der Waals surface area contributed by atoms with E-state index in [9.17, 15) is 9.59 Å². The number of nitrogens with zero attached hydrogens (tertiary/aromatic N) is 1. The molecule has 0 bridgehead atoms. The van der Waals surface area contributed by atoms with Crippen molar-refractivity contribution in [1.82, 2.24) is 10.6 Å². The van der Waals surface area contributed by atoms with E-state index in [1.165, 1.54) is 0 Å². The van der Waals surface area contributed by atoms with Gasteiger partial charge in [-0.05, 0) is 42.0 Å². The third kappa shape index (κ3) is 6.89. The first-order chi connectivity index (χ1) is 13.0. The van der Waals surface area contributed by atoms with Crippen molar-refractivity contribution in [3.05, 3.63) is 54.1 Å². The summed E-state index contributed by atoms with van der Waals surface area (Å²) in [4.78, 5) is 25.7. The highest BCUT2D eigenvalue weighted by atomic mass is 16.5. The Morgan fingerprint density at radius 1 is 0.963 bits per heavy atom. The molecule has 3 amide bonds. The van der Waals surface area contributed by atoms with Crippen LogP contribution in [0.4, 0.5) is 16.2 Å². The van der Waals surface area contributed by atoms with Crippen molar-refractivity contribution in [1.29, 1.82) is 0 Å². The molecule has 27 heavy (non-hydrogen) atoms. The van der Waals surface area contributed by atoms with Crippen molar-refractivity contribution < 1.29 is 14.3 Å².